The van der Waals surface area contributed by atoms with Gasteiger partial charge < -0.3 is 0 Å². The lowest BCUT2D eigenvalue weighted by Crippen LogP contribution is -2.41. The molecule has 0 saturated heterocycles. The zero-order valence-electron chi connectivity index (χ0n) is 22.4. The first-order chi connectivity index (χ1) is 17.5. The van der Waals surface area contributed by atoms with E-state index in [4.69, 9.17) is 0 Å². The minimum absolute atomic E-state index is 0.00942. The van der Waals surface area contributed by atoms with Crippen molar-refractivity contribution in [2.45, 2.75) is 70.5 Å². The van der Waals surface area contributed by atoms with E-state index in [1.165, 1.54) is 9.87 Å². The molecule has 1 aliphatic rings. The summed E-state index contributed by atoms with van der Waals surface area (Å²) in [4.78, 5) is 15.8. The summed E-state index contributed by atoms with van der Waals surface area (Å²) in [6.45, 7) is 11.0. The lowest BCUT2D eigenvalue weighted by molar-refractivity contribution is 0.0945. The van der Waals surface area contributed by atoms with E-state index in [9.17, 15) is 13.2 Å². The van der Waals surface area contributed by atoms with Crippen LogP contribution >= 0.6 is 0 Å². The average Bonchev–Trinajstić information content (AvgIpc) is 2.87. The van der Waals surface area contributed by atoms with Crippen molar-refractivity contribution in [3.63, 3.8) is 0 Å². The van der Waals surface area contributed by atoms with Gasteiger partial charge >= 0.3 is 0 Å². The molecule has 0 fully saturated rings. The van der Waals surface area contributed by atoms with Crippen LogP contribution in [0.4, 0.5) is 0 Å². The molecule has 5 nitrogen and oxygen atoms in total. The van der Waals surface area contributed by atoms with Crippen molar-refractivity contribution < 1.29 is 13.2 Å². The Bertz CT molecular complexity index is 1330. The van der Waals surface area contributed by atoms with Crippen molar-refractivity contribution in [1.29, 1.82) is 0 Å². The number of benzene rings is 3. The zero-order valence-corrected chi connectivity index (χ0v) is 23.2. The second kappa shape index (κ2) is 11.3. The van der Waals surface area contributed by atoms with Crippen molar-refractivity contribution in [3.05, 3.63) is 101 Å². The van der Waals surface area contributed by atoms with E-state index in [2.05, 4.69) is 49.9 Å². The summed E-state index contributed by atoms with van der Waals surface area (Å²) in [6.07, 6.45) is 1.90. The maximum atomic E-state index is 13.1. The van der Waals surface area contributed by atoms with Gasteiger partial charge in [-0.2, -0.15) is 4.31 Å². The smallest absolute Gasteiger partial charge is 0.243 e. The van der Waals surface area contributed by atoms with E-state index < -0.39 is 10.0 Å². The van der Waals surface area contributed by atoms with Gasteiger partial charge in [0, 0.05) is 37.2 Å². The minimum Gasteiger partial charge on any atom is -0.294 e. The number of ketones is 1. The third kappa shape index (κ3) is 6.75. The number of sulfonamides is 1. The van der Waals surface area contributed by atoms with Crippen LogP contribution in [0.1, 0.15) is 66.2 Å². The molecule has 0 atom stereocenters. The van der Waals surface area contributed by atoms with Gasteiger partial charge in [-0.15, -0.1) is 0 Å². The van der Waals surface area contributed by atoms with Crippen LogP contribution in [0, 0.1) is 6.92 Å². The van der Waals surface area contributed by atoms with Crippen LogP contribution in [0.5, 0.6) is 0 Å². The fourth-order valence-electron chi connectivity index (χ4n) is 4.80. The first-order valence-electron chi connectivity index (χ1n) is 13.0. The first-order valence-corrected chi connectivity index (χ1v) is 14.5. The van der Waals surface area contributed by atoms with Crippen LogP contribution in [0.25, 0.3) is 0 Å². The molecule has 0 spiro atoms. The Morgan fingerprint density at radius 1 is 0.946 bits per heavy atom. The van der Waals surface area contributed by atoms with Crippen LogP contribution in [0.15, 0.2) is 77.7 Å². The summed E-state index contributed by atoms with van der Waals surface area (Å²) in [5.74, 6) is 0.145. The number of hydrogen-bond acceptors (Lipinski definition) is 4. The molecule has 0 bridgehead atoms. The van der Waals surface area contributed by atoms with Crippen LogP contribution in [0.3, 0.4) is 0 Å². The molecule has 196 valence electrons. The molecule has 0 amide bonds. The van der Waals surface area contributed by atoms with Gasteiger partial charge in [-0.05, 0) is 82.0 Å². The molecule has 0 radical (unpaired) electrons. The third-order valence-corrected chi connectivity index (χ3v) is 9.02. The second-order valence-corrected chi connectivity index (χ2v) is 12.9. The summed E-state index contributed by atoms with van der Waals surface area (Å²) < 4.78 is 27.8. The van der Waals surface area contributed by atoms with E-state index in [0.29, 0.717) is 30.8 Å². The van der Waals surface area contributed by atoms with Crippen molar-refractivity contribution >= 4 is 15.8 Å². The minimum atomic E-state index is -3.54. The molecule has 3 aromatic carbocycles. The Hall–Kier alpha value is -2.80. The Balaban J connectivity index is 1.37. The third-order valence-electron chi connectivity index (χ3n) is 7.16. The Labute approximate surface area is 222 Å². The molecule has 0 unspecified atom stereocenters. The summed E-state index contributed by atoms with van der Waals surface area (Å²) in [6, 6.07) is 23.2. The van der Waals surface area contributed by atoms with Crippen LogP contribution in [0.2, 0.25) is 0 Å². The van der Waals surface area contributed by atoms with E-state index in [0.717, 1.165) is 41.8 Å². The summed E-state index contributed by atoms with van der Waals surface area (Å²) >= 11 is 0. The molecule has 4 rings (SSSR count). The van der Waals surface area contributed by atoms with Gasteiger partial charge in [0.1, 0.15) is 0 Å². The summed E-state index contributed by atoms with van der Waals surface area (Å²) in [5, 5.41) is 0. The quantitative estimate of drug-likeness (QED) is 0.326. The van der Waals surface area contributed by atoms with E-state index >= 15 is 0 Å². The summed E-state index contributed by atoms with van der Waals surface area (Å²) in [5.41, 5.74) is 5.08. The fraction of sp³-hybridized carbons (Fsp3) is 0.387. The largest absolute Gasteiger partial charge is 0.294 e. The Morgan fingerprint density at radius 2 is 1.65 bits per heavy atom. The highest BCUT2D eigenvalue weighted by molar-refractivity contribution is 7.89. The second-order valence-electron chi connectivity index (χ2n) is 11.0. The van der Waals surface area contributed by atoms with Crippen molar-refractivity contribution in [3.8, 4) is 0 Å². The van der Waals surface area contributed by atoms with E-state index in [1.54, 1.807) is 12.1 Å². The maximum absolute atomic E-state index is 13.1. The van der Waals surface area contributed by atoms with Crippen LogP contribution in [-0.4, -0.2) is 42.0 Å². The molecule has 0 N–H and O–H groups in total. The lowest BCUT2D eigenvalue weighted by Gasteiger charge is -2.35. The van der Waals surface area contributed by atoms with Crippen LogP contribution < -0.4 is 0 Å². The summed E-state index contributed by atoms with van der Waals surface area (Å²) in [7, 11) is -3.54. The standard InChI is InChI=1S/C31H38N2O3S/c1-24-12-16-29(17-13-24)37(35,36)33-20-18-26-21-27(14-15-28(26)23-33)30(34)11-8-19-32(31(2,3)4)22-25-9-6-5-7-10-25/h5-7,9-10,12-17,21H,8,11,18-20,22-23H2,1-4H3. The fourth-order valence-corrected chi connectivity index (χ4v) is 6.21. The molecule has 0 saturated carbocycles. The van der Waals surface area contributed by atoms with Gasteiger partial charge in [0.2, 0.25) is 10.0 Å². The number of Topliss-reactive ketones (excluding diaryl/α,β-unsaturated/α-hetero) is 1. The highest BCUT2D eigenvalue weighted by Gasteiger charge is 2.29. The number of nitrogens with zero attached hydrogens (tertiary/aromatic N) is 2. The normalized spacial score (nSPS) is 14.5. The van der Waals surface area contributed by atoms with Gasteiger partial charge in [0.15, 0.2) is 5.78 Å². The number of rotatable bonds is 9. The first kappa shape index (κ1) is 27.2. The Kier molecular flexibility index (Phi) is 8.32. The van der Waals surface area contributed by atoms with Crippen molar-refractivity contribution in [2.24, 2.45) is 0 Å². The van der Waals surface area contributed by atoms with Gasteiger partial charge in [0.05, 0.1) is 4.90 Å². The number of aryl methyl sites for hydroxylation is 1. The Morgan fingerprint density at radius 3 is 2.32 bits per heavy atom. The van der Waals surface area contributed by atoms with Crippen molar-refractivity contribution in [2.75, 3.05) is 13.1 Å². The van der Waals surface area contributed by atoms with Crippen molar-refractivity contribution in [1.82, 2.24) is 9.21 Å². The molecule has 6 heteroatoms. The topological polar surface area (TPSA) is 57.7 Å². The molecule has 0 aliphatic carbocycles. The lowest BCUT2D eigenvalue weighted by atomic mass is 9.95. The molecule has 0 aromatic heterocycles. The van der Waals surface area contributed by atoms with E-state index in [-0.39, 0.29) is 11.3 Å². The number of fused-ring (bicyclic) bond motifs is 1. The zero-order chi connectivity index (χ0) is 26.6. The average molecular weight is 519 g/mol. The number of hydrogen-bond donors (Lipinski definition) is 0. The number of carbonyl (C=O) groups is 1. The molecule has 1 heterocycles. The highest BCUT2D eigenvalue weighted by atomic mass is 32.2. The van der Waals surface area contributed by atoms with Gasteiger partial charge in [-0.1, -0.05) is 60.2 Å². The predicted octanol–water partition coefficient (Wildman–Crippen LogP) is 6.01. The van der Waals surface area contributed by atoms with Gasteiger partial charge in [-0.3, -0.25) is 9.69 Å². The monoisotopic (exact) mass is 518 g/mol. The molecule has 37 heavy (non-hydrogen) atoms. The van der Waals surface area contributed by atoms with E-state index in [1.807, 2.05) is 43.3 Å². The molecular weight excluding hydrogens is 480 g/mol. The van der Waals surface area contributed by atoms with Crippen LogP contribution in [-0.2, 0) is 29.5 Å². The SMILES string of the molecule is Cc1ccc(S(=O)(=O)N2CCc3cc(C(=O)CCCN(Cc4ccccc4)C(C)(C)C)ccc3C2)cc1. The number of carbonyl (C=O) groups excluding carboxylic acids is 1. The molecule has 1 aliphatic heterocycles. The molecule has 3 aromatic rings. The highest BCUT2D eigenvalue weighted by Crippen LogP contribution is 2.27. The predicted molar refractivity (Wildman–Crippen MR) is 149 cm³/mol. The maximum Gasteiger partial charge on any atom is 0.243 e. The van der Waals surface area contributed by atoms with Gasteiger partial charge in [0.25, 0.3) is 0 Å². The van der Waals surface area contributed by atoms with Gasteiger partial charge in [-0.25, -0.2) is 8.42 Å². The molecular formula is C31H38N2O3S.